The average Bonchev–Trinajstić information content (AvgIpc) is 1.91. The topological polar surface area (TPSA) is 44.0 Å². The van der Waals surface area contributed by atoms with Crippen molar-refractivity contribution in [1.82, 2.24) is 0 Å². The molecule has 0 saturated heterocycles. The highest BCUT2D eigenvalue weighted by atomic mass is 16.5. The van der Waals surface area contributed by atoms with Crippen LogP contribution in [-0.2, 0) is 4.74 Å². The number of rotatable bonds is 2. The van der Waals surface area contributed by atoms with Gasteiger partial charge in [0.1, 0.15) is 13.1 Å². The molecule has 0 spiro atoms. The van der Waals surface area contributed by atoms with Crippen molar-refractivity contribution in [1.29, 1.82) is 0 Å². The summed E-state index contributed by atoms with van der Waals surface area (Å²) in [5.74, 6) is -0.297. The number of hydrogen-bond donors (Lipinski definition) is 1. The van der Waals surface area contributed by atoms with E-state index in [0.717, 1.165) is 0 Å². The zero-order chi connectivity index (χ0) is 7.98. The molecular weight excluding hydrogens is 130 g/mol. The van der Waals surface area contributed by atoms with E-state index < -0.39 is 0 Å². The van der Waals surface area contributed by atoms with Crippen LogP contribution in [0.15, 0.2) is 11.7 Å². The molecule has 4 nitrogen and oxygen atoms in total. The third kappa shape index (κ3) is 2.06. The predicted molar refractivity (Wildman–Crippen MR) is 36.0 cm³/mol. The van der Waals surface area contributed by atoms with Crippen LogP contribution in [0, 0.1) is 13.1 Å². The third-order valence-corrected chi connectivity index (χ3v) is 0.732. The maximum Gasteiger partial charge on any atom is 0.578 e. The summed E-state index contributed by atoms with van der Waals surface area (Å²) in [5, 5.41) is 0. The highest BCUT2D eigenvalue weighted by Crippen LogP contribution is 2.02. The van der Waals surface area contributed by atoms with Crippen LogP contribution in [0.1, 0.15) is 6.92 Å². The molecule has 0 rings (SSSR count). The normalized spacial score (nSPS) is 7.10. The fourth-order valence-corrected chi connectivity index (χ4v) is 0.355. The molecule has 0 fully saturated rings. The van der Waals surface area contributed by atoms with Crippen molar-refractivity contribution in [2.75, 3.05) is 6.61 Å². The molecule has 0 unspecified atom stereocenters. The molecule has 10 heavy (non-hydrogen) atoms. The van der Waals surface area contributed by atoms with Crippen molar-refractivity contribution in [2.45, 2.75) is 6.92 Å². The predicted octanol–water partition coefficient (Wildman–Crippen LogP) is 0.947. The first kappa shape index (κ1) is 8.32. The molecule has 0 aliphatic heterocycles. The average molecular weight is 137 g/mol. The molecule has 0 aliphatic carbocycles. The van der Waals surface area contributed by atoms with Crippen LogP contribution in [0.5, 0.6) is 0 Å². The van der Waals surface area contributed by atoms with Gasteiger partial charge in [-0.1, -0.05) is 0 Å². The van der Waals surface area contributed by atoms with E-state index in [2.05, 4.69) is 9.69 Å². The van der Waals surface area contributed by atoms with E-state index in [9.17, 15) is 0 Å². The van der Waals surface area contributed by atoms with E-state index in [1.807, 2.05) is 0 Å². The zero-order valence-corrected chi connectivity index (χ0v) is 5.59. The van der Waals surface area contributed by atoms with Gasteiger partial charge in [-0.2, -0.15) is 0 Å². The Morgan fingerprint density at radius 3 is 2.30 bits per heavy atom. The summed E-state index contributed by atoms with van der Waals surface area (Å²) in [6, 6.07) is 0. The van der Waals surface area contributed by atoms with Gasteiger partial charge in [-0.15, -0.1) is 9.69 Å². The van der Waals surface area contributed by atoms with Gasteiger partial charge in [-0.25, -0.2) is 0 Å². The second-order valence-corrected chi connectivity index (χ2v) is 1.34. The van der Waals surface area contributed by atoms with Crippen molar-refractivity contribution in [3.8, 4) is 0 Å². The van der Waals surface area contributed by atoms with E-state index in [4.69, 9.17) is 23.6 Å². The molecule has 0 saturated carbocycles. The molecule has 52 valence electrons. The van der Waals surface area contributed by atoms with Crippen molar-refractivity contribution in [3.05, 3.63) is 34.5 Å². The van der Waals surface area contributed by atoms with Gasteiger partial charge < -0.3 is 10.5 Å². The lowest BCUT2D eigenvalue weighted by molar-refractivity contribution is 0.224. The molecule has 0 aromatic rings. The van der Waals surface area contributed by atoms with Gasteiger partial charge in [0.2, 0.25) is 0 Å². The zero-order valence-electron chi connectivity index (χ0n) is 5.59. The largest absolute Gasteiger partial charge is 0.578 e. The van der Waals surface area contributed by atoms with Crippen LogP contribution < -0.4 is 5.73 Å². The van der Waals surface area contributed by atoms with E-state index >= 15 is 0 Å². The minimum atomic E-state index is -0.207. The van der Waals surface area contributed by atoms with Crippen LogP contribution in [0.4, 0.5) is 0 Å². The quantitative estimate of drug-likeness (QED) is 0.454. The molecule has 4 heteroatoms. The number of nitrogens with two attached hydrogens (primary N) is 1. The standard InChI is InChI=1S/C6H7N3O/c1-4-10-5(7)6(8-2)9-3/h4,7H2,1H3. The highest BCUT2D eigenvalue weighted by Gasteiger charge is 2.10. The van der Waals surface area contributed by atoms with Crippen molar-refractivity contribution in [3.63, 3.8) is 0 Å². The van der Waals surface area contributed by atoms with Gasteiger partial charge in [0.15, 0.2) is 0 Å². The van der Waals surface area contributed by atoms with Crippen LogP contribution >= 0.6 is 0 Å². The number of nitrogens with zero attached hydrogens (tertiary/aromatic N) is 2. The first-order valence-corrected chi connectivity index (χ1v) is 2.63. The third-order valence-electron chi connectivity index (χ3n) is 0.732. The summed E-state index contributed by atoms with van der Waals surface area (Å²) in [6.07, 6.45) is 0. The monoisotopic (exact) mass is 137 g/mol. The van der Waals surface area contributed by atoms with Crippen LogP contribution in [-0.4, -0.2) is 6.61 Å². The minimum Gasteiger partial charge on any atom is -0.483 e. The van der Waals surface area contributed by atoms with Gasteiger partial charge in [0, 0.05) is 0 Å². The molecule has 0 aromatic carbocycles. The van der Waals surface area contributed by atoms with Gasteiger partial charge in [0.25, 0.3) is 5.88 Å². The van der Waals surface area contributed by atoms with Crippen LogP contribution in [0.3, 0.4) is 0 Å². The van der Waals surface area contributed by atoms with Gasteiger partial charge >= 0.3 is 5.82 Å². The Morgan fingerprint density at radius 2 is 2.00 bits per heavy atom. The van der Waals surface area contributed by atoms with Crippen LogP contribution in [0.25, 0.3) is 9.69 Å². The molecule has 0 aromatic heterocycles. The van der Waals surface area contributed by atoms with Gasteiger partial charge in [0.05, 0.1) is 6.61 Å². The first-order chi connectivity index (χ1) is 4.76. The fraction of sp³-hybridized carbons (Fsp3) is 0.333. The smallest absolute Gasteiger partial charge is 0.483 e. The first-order valence-electron chi connectivity index (χ1n) is 2.63. The summed E-state index contributed by atoms with van der Waals surface area (Å²) in [4.78, 5) is 5.70. The maximum atomic E-state index is 6.46. The summed E-state index contributed by atoms with van der Waals surface area (Å²) in [5.41, 5.74) is 5.18. The Labute approximate surface area is 59.5 Å². The second-order valence-electron chi connectivity index (χ2n) is 1.34. The van der Waals surface area contributed by atoms with Crippen molar-refractivity contribution >= 4 is 0 Å². The molecule has 0 aliphatic rings. The molecule has 0 amide bonds. The lowest BCUT2D eigenvalue weighted by Crippen LogP contribution is -2.03. The van der Waals surface area contributed by atoms with E-state index in [1.165, 1.54) is 0 Å². The summed E-state index contributed by atoms with van der Waals surface area (Å²) in [6.45, 7) is 15.0. The molecule has 0 heterocycles. The second kappa shape index (κ2) is 4.22. The summed E-state index contributed by atoms with van der Waals surface area (Å²) < 4.78 is 4.72. The summed E-state index contributed by atoms with van der Waals surface area (Å²) >= 11 is 0. The van der Waals surface area contributed by atoms with Crippen molar-refractivity contribution < 1.29 is 4.74 Å². The van der Waals surface area contributed by atoms with Crippen molar-refractivity contribution in [2.24, 2.45) is 5.73 Å². The Balaban J connectivity index is 4.36. The lowest BCUT2D eigenvalue weighted by Gasteiger charge is -1.96. The number of ether oxygens (including phenoxy) is 1. The van der Waals surface area contributed by atoms with Gasteiger partial charge in [-0.05, 0) is 6.92 Å². The number of hydrogen-bond acceptors (Lipinski definition) is 2. The van der Waals surface area contributed by atoms with Crippen LogP contribution in [0.2, 0.25) is 0 Å². The SMILES string of the molecule is [C-]#[N+]C([N+]#[C-])=C(N)OCC. The fourth-order valence-electron chi connectivity index (χ4n) is 0.355. The minimum absolute atomic E-state index is 0.0903. The Kier molecular flexibility index (Phi) is 3.51. The Bertz CT molecular complexity index is 202. The summed E-state index contributed by atoms with van der Waals surface area (Å²) in [7, 11) is 0. The highest BCUT2D eigenvalue weighted by molar-refractivity contribution is 5.19. The maximum absolute atomic E-state index is 6.46. The molecule has 0 radical (unpaired) electrons. The van der Waals surface area contributed by atoms with E-state index in [1.54, 1.807) is 6.92 Å². The Hall–Kier alpha value is -1.68. The molecule has 0 bridgehead atoms. The van der Waals surface area contributed by atoms with Gasteiger partial charge in [-0.3, -0.25) is 0 Å². The lowest BCUT2D eigenvalue weighted by atomic mass is 10.7. The van der Waals surface area contributed by atoms with E-state index in [0.29, 0.717) is 6.61 Å². The molecular formula is C6H7N3O. The van der Waals surface area contributed by atoms with E-state index in [-0.39, 0.29) is 11.7 Å². The Morgan fingerprint density at radius 1 is 1.50 bits per heavy atom. The molecule has 2 N–H and O–H groups in total. The molecule has 0 atom stereocenters.